The Morgan fingerprint density at radius 3 is 2.70 bits per heavy atom. The van der Waals surface area contributed by atoms with Gasteiger partial charge in [-0.25, -0.2) is 0 Å². The van der Waals surface area contributed by atoms with E-state index in [0.29, 0.717) is 18.1 Å². The van der Waals surface area contributed by atoms with Gasteiger partial charge in [0.1, 0.15) is 0 Å². The molecule has 0 aliphatic heterocycles. The van der Waals surface area contributed by atoms with Crippen LogP contribution in [0.5, 0.6) is 0 Å². The van der Waals surface area contributed by atoms with E-state index in [9.17, 15) is 4.79 Å². The van der Waals surface area contributed by atoms with Crippen molar-refractivity contribution in [3.05, 3.63) is 70.2 Å². The molecule has 4 heteroatoms. The number of carbonyl (C=O) groups is 1. The molecule has 0 unspecified atom stereocenters. The van der Waals surface area contributed by atoms with Gasteiger partial charge in [0.05, 0.1) is 6.54 Å². The minimum Gasteiger partial charge on any atom is -0.355 e. The first-order valence-electron chi connectivity index (χ1n) is 7.86. The zero-order valence-corrected chi connectivity index (χ0v) is 14.4. The number of benzene rings is 2. The first-order chi connectivity index (χ1) is 11.1. The summed E-state index contributed by atoms with van der Waals surface area (Å²) in [5, 5.41) is 6.87. The van der Waals surface area contributed by atoms with Crippen LogP contribution in [0.3, 0.4) is 0 Å². The van der Waals surface area contributed by atoms with Gasteiger partial charge < -0.3 is 10.6 Å². The first kappa shape index (κ1) is 17.5. The molecule has 0 aliphatic rings. The average molecular weight is 331 g/mol. The Bertz CT molecular complexity index is 657. The summed E-state index contributed by atoms with van der Waals surface area (Å²) in [4.78, 5) is 11.9. The van der Waals surface area contributed by atoms with Crippen LogP contribution in [0.25, 0.3) is 0 Å². The highest BCUT2D eigenvalue weighted by molar-refractivity contribution is 6.30. The Hall–Kier alpha value is -1.84. The fourth-order valence-corrected chi connectivity index (χ4v) is 2.63. The summed E-state index contributed by atoms with van der Waals surface area (Å²) < 4.78 is 0. The third kappa shape index (κ3) is 5.70. The molecule has 2 aromatic carbocycles. The summed E-state index contributed by atoms with van der Waals surface area (Å²) in [5.41, 5.74) is 3.60. The molecule has 2 N–H and O–H groups in total. The van der Waals surface area contributed by atoms with Gasteiger partial charge in [-0.2, -0.15) is 0 Å². The van der Waals surface area contributed by atoms with Crippen molar-refractivity contribution in [1.29, 1.82) is 0 Å². The van der Waals surface area contributed by atoms with Gasteiger partial charge in [-0.3, -0.25) is 4.79 Å². The van der Waals surface area contributed by atoms with Crippen molar-refractivity contribution in [2.24, 2.45) is 0 Å². The molecule has 0 aromatic heterocycles. The summed E-state index contributed by atoms with van der Waals surface area (Å²) in [6.45, 7) is 5.05. The molecule has 3 nitrogen and oxygen atoms in total. The minimum absolute atomic E-state index is 0.00691. The normalized spacial score (nSPS) is 12.0. The number of rotatable bonds is 7. The van der Waals surface area contributed by atoms with Crippen molar-refractivity contribution >= 4 is 17.5 Å². The molecule has 0 spiro atoms. The van der Waals surface area contributed by atoms with Crippen molar-refractivity contribution in [2.45, 2.75) is 26.3 Å². The Morgan fingerprint density at radius 1 is 1.17 bits per heavy atom. The number of aryl methyl sites for hydroxylation is 1. The van der Waals surface area contributed by atoms with Crippen LogP contribution in [-0.4, -0.2) is 19.0 Å². The zero-order chi connectivity index (χ0) is 16.7. The second-order valence-corrected chi connectivity index (χ2v) is 6.12. The van der Waals surface area contributed by atoms with Crippen LogP contribution in [-0.2, 0) is 11.2 Å². The van der Waals surface area contributed by atoms with Gasteiger partial charge in [0.2, 0.25) is 5.91 Å². The van der Waals surface area contributed by atoms with Crippen molar-refractivity contribution in [3.8, 4) is 0 Å². The number of hydrogen-bond acceptors (Lipinski definition) is 2. The van der Waals surface area contributed by atoms with Crippen molar-refractivity contribution < 1.29 is 4.79 Å². The second-order valence-electron chi connectivity index (χ2n) is 5.68. The third-order valence-corrected chi connectivity index (χ3v) is 4.13. The third-order valence-electron chi connectivity index (χ3n) is 3.90. The number of amides is 1. The van der Waals surface area contributed by atoms with Crippen LogP contribution in [0.2, 0.25) is 5.02 Å². The molecule has 0 aliphatic carbocycles. The van der Waals surface area contributed by atoms with Crippen LogP contribution in [0.15, 0.2) is 48.5 Å². The van der Waals surface area contributed by atoms with Crippen LogP contribution < -0.4 is 10.6 Å². The van der Waals surface area contributed by atoms with Gasteiger partial charge in [0.15, 0.2) is 0 Å². The lowest BCUT2D eigenvalue weighted by atomic mass is 10.1. The van der Waals surface area contributed by atoms with E-state index in [0.717, 1.165) is 12.0 Å². The van der Waals surface area contributed by atoms with Crippen molar-refractivity contribution in [3.63, 3.8) is 0 Å². The highest BCUT2D eigenvalue weighted by Gasteiger charge is 2.08. The quantitative estimate of drug-likeness (QED) is 0.813. The molecule has 0 saturated carbocycles. The standard InChI is InChI=1S/C19H23ClN2O/c1-14-6-3-4-7-16(14)10-11-21-19(23)13-22-15(2)17-8-5-9-18(20)12-17/h3-9,12,15,22H,10-11,13H2,1-2H3,(H,21,23)/t15-/m0/s1. The molecular formula is C19H23ClN2O. The van der Waals surface area contributed by atoms with E-state index in [-0.39, 0.29) is 11.9 Å². The van der Waals surface area contributed by atoms with Gasteiger partial charge >= 0.3 is 0 Å². The number of carbonyl (C=O) groups excluding carboxylic acids is 1. The van der Waals surface area contributed by atoms with E-state index in [1.54, 1.807) is 0 Å². The fourth-order valence-electron chi connectivity index (χ4n) is 2.43. The molecule has 0 fully saturated rings. The average Bonchev–Trinajstić information content (AvgIpc) is 2.54. The van der Waals surface area contributed by atoms with Crippen LogP contribution >= 0.6 is 11.6 Å². The maximum Gasteiger partial charge on any atom is 0.233 e. The Kier molecular flexibility index (Phi) is 6.63. The topological polar surface area (TPSA) is 41.1 Å². The van der Waals surface area contributed by atoms with Crippen LogP contribution in [0.1, 0.15) is 29.7 Å². The molecule has 1 atom stereocenters. The van der Waals surface area contributed by atoms with Gasteiger partial charge in [-0.05, 0) is 49.1 Å². The first-order valence-corrected chi connectivity index (χ1v) is 8.24. The van der Waals surface area contributed by atoms with Crippen LogP contribution in [0, 0.1) is 6.92 Å². The Labute approximate surface area is 143 Å². The van der Waals surface area contributed by atoms with E-state index >= 15 is 0 Å². The van der Waals surface area contributed by atoms with Gasteiger partial charge in [0, 0.05) is 17.6 Å². The SMILES string of the molecule is Cc1ccccc1CCNC(=O)CN[C@@H](C)c1cccc(Cl)c1. The highest BCUT2D eigenvalue weighted by Crippen LogP contribution is 2.16. The Balaban J connectivity index is 1.72. The van der Waals surface area contributed by atoms with E-state index in [1.165, 1.54) is 11.1 Å². The maximum atomic E-state index is 11.9. The lowest BCUT2D eigenvalue weighted by Gasteiger charge is -2.14. The number of hydrogen-bond donors (Lipinski definition) is 2. The molecule has 2 aromatic rings. The molecule has 0 heterocycles. The van der Waals surface area contributed by atoms with Crippen molar-refractivity contribution in [2.75, 3.05) is 13.1 Å². The number of halogens is 1. The lowest BCUT2D eigenvalue weighted by molar-refractivity contribution is -0.120. The zero-order valence-electron chi connectivity index (χ0n) is 13.6. The summed E-state index contributed by atoms with van der Waals surface area (Å²) in [6, 6.07) is 16.0. The molecule has 2 rings (SSSR count). The fraction of sp³-hybridized carbons (Fsp3) is 0.316. The predicted molar refractivity (Wildman–Crippen MR) is 95.8 cm³/mol. The highest BCUT2D eigenvalue weighted by atomic mass is 35.5. The molecule has 0 radical (unpaired) electrons. The van der Waals surface area contributed by atoms with Crippen LogP contribution in [0.4, 0.5) is 0 Å². The lowest BCUT2D eigenvalue weighted by Crippen LogP contribution is -2.36. The molecular weight excluding hydrogens is 308 g/mol. The van der Waals surface area contributed by atoms with Crippen molar-refractivity contribution in [1.82, 2.24) is 10.6 Å². The minimum atomic E-state index is 0.00691. The van der Waals surface area contributed by atoms with Gasteiger partial charge in [0.25, 0.3) is 0 Å². The molecule has 0 bridgehead atoms. The maximum absolute atomic E-state index is 11.9. The summed E-state index contributed by atoms with van der Waals surface area (Å²) >= 11 is 5.98. The second kappa shape index (κ2) is 8.70. The monoisotopic (exact) mass is 330 g/mol. The van der Waals surface area contributed by atoms with E-state index in [4.69, 9.17) is 11.6 Å². The summed E-state index contributed by atoms with van der Waals surface area (Å²) in [6.07, 6.45) is 0.849. The molecule has 122 valence electrons. The molecule has 1 amide bonds. The predicted octanol–water partition coefficient (Wildman–Crippen LogP) is 3.66. The molecule has 0 saturated heterocycles. The summed E-state index contributed by atoms with van der Waals surface area (Å²) in [7, 11) is 0. The van der Waals surface area contributed by atoms with Gasteiger partial charge in [-0.15, -0.1) is 0 Å². The largest absolute Gasteiger partial charge is 0.355 e. The van der Waals surface area contributed by atoms with Gasteiger partial charge in [-0.1, -0.05) is 48.0 Å². The summed E-state index contributed by atoms with van der Waals surface area (Å²) in [5.74, 6) is 0.00691. The Morgan fingerprint density at radius 2 is 1.96 bits per heavy atom. The number of nitrogens with one attached hydrogen (secondary N) is 2. The van der Waals surface area contributed by atoms with E-state index < -0.39 is 0 Å². The van der Waals surface area contributed by atoms with E-state index in [2.05, 4.69) is 29.7 Å². The smallest absolute Gasteiger partial charge is 0.233 e. The molecule has 23 heavy (non-hydrogen) atoms. The van der Waals surface area contributed by atoms with E-state index in [1.807, 2.05) is 43.3 Å².